The van der Waals surface area contributed by atoms with Crippen molar-refractivity contribution in [3.63, 3.8) is 0 Å². The average Bonchev–Trinajstić information content (AvgIpc) is 3.25. The number of rotatable bonds is 6. The topological polar surface area (TPSA) is 68.2 Å². The van der Waals surface area contributed by atoms with E-state index in [9.17, 15) is 4.79 Å². The zero-order valence-electron chi connectivity index (χ0n) is 13.6. The van der Waals surface area contributed by atoms with Gasteiger partial charge in [0.2, 0.25) is 5.91 Å². The molecule has 1 aliphatic heterocycles. The lowest BCUT2D eigenvalue weighted by atomic mass is 10.1. The maximum absolute atomic E-state index is 12.3. The van der Waals surface area contributed by atoms with Crippen LogP contribution in [0.25, 0.3) is 0 Å². The van der Waals surface area contributed by atoms with Gasteiger partial charge in [-0.25, -0.2) is 0 Å². The van der Waals surface area contributed by atoms with Crippen LogP contribution in [0.2, 0.25) is 0 Å². The SMILES string of the molecule is CO[C@@H]1CN[C@H](C(=O)NCc2ccccc2Cn2cccn2)C1.Cl. The third-order valence-corrected chi connectivity index (χ3v) is 4.20. The standard InChI is InChI=1S/C17H22N4O2.ClH/c1-23-15-9-16(18-11-15)17(22)19-10-13-5-2-3-6-14(13)12-21-8-4-7-20-21;/h2-8,15-16,18H,9-12H2,1H3,(H,19,22);1H/t15-,16-;/m0./s1. The molecule has 1 aromatic heterocycles. The molecule has 0 aliphatic carbocycles. The van der Waals surface area contributed by atoms with Crippen LogP contribution in [0.1, 0.15) is 17.5 Å². The Labute approximate surface area is 148 Å². The van der Waals surface area contributed by atoms with Crippen molar-refractivity contribution in [3.05, 3.63) is 53.9 Å². The number of carbonyl (C=O) groups is 1. The summed E-state index contributed by atoms with van der Waals surface area (Å²) >= 11 is 0. The Hall–Kier alpha value is -1.89. The highest BCUT2D eigenvalue weighted by Crippen LogP contribution is 2.12. The molecule has 0 unspecified atom stereocenters. The monoisotopic (exact) mass is 350 g/mol. The number of hydrogen-bond donors (Lipinski definition) is 2. The van der Waals surface area contributed by atoms with Crippen molar-refractivity contribution in [3.8, 4) is 0 Å². The van der Waals surface area contributed by atoms with Crippen LogP contribution in [0.3, 0.4) is 0 Å². The van der Waals surface area contributed by atoms with Crippen molar-refractivity contribution < 1.29 is 9.53 Å². The summed E-state index contributed by atoms with van der Waals surface area (Å²) in [7, 11) is 1.68. The van der Waals surface area contributed by atoms with Gasteiger partial charge in [0.05, 0.1) is 18.7 Å². The van der Waals surface area contributed by atoms with Gasteiger partial charge in [0, 0.05) is 32.6 Å². The van der Waals surface area contributed by atoms with Crippen molar-refractivity contribution in [2.75, 3.05) is 13.7 Å². The first-order chi connectivity index (χ1) is 11.3. The number of nitrogens with one attached hydrogen (secondary N) is 2. The molecule has 130 valence electrons. The second kappa shape index (κ2) is 8.82. The van der Waals surface area contributed by atoms with E-state index in [-0.39, 0.29) is 30.5 Å². The molecule has 1 amide bonds. The number of benzene rings is 1. The second-order valence-electron chi connectivity index (χ2n) is 5.74. The van der Waals surface area contributed by atoms with Gasteiger partial charge >= 0.3 is 0 Å². The van der Waals surface area contributed by atoms with E-state index >= 15 is 0 Å². The Balaban J connectivity index is 0.00000208. The number of hydrogen-bond acceptors (Lipinski definition) is 4. The van der Waals surface area contributed by atoms with Crippen LogP contribution in [-0.2, 0) is 22.6 Å². The lowest BCUT2D eigenvalue weighted by Crippen LogP contribution is -2.40. The summed E-state index contributed by atoms with van der Waals surface area (Å²) in [4.78, 5) is 12.3. The van der Waals surface area contributed by atoms with E-state index < -0.39 is 0 Å². The van der Waals surface area contributed by atoms with Gasteiger partial charge in [0.15, 0.2) is 0 Å². The fraction of sp³-hybridized carbons (Fsp3) is 0.412. The molecule has 0 bridgehead atoms. The van der Waals surface area contributed by atoms with Crippen molar-refractivity contribution in [1.82, 2.24) is 20.4 Å². The molecule has 1 aromatic carbocycles. The lowest BCUT2D eigenvalue weighted by Gasteiger charge is -2.14. The number of aromatic nitrogens is 2. The lowest BCUT2D eigenvalue weighted by molar-refractivity contribution is -0.123. The van der Waals surface area contributed by atoms with Gasteiger partial charge in [-0.05, 0) is 23.6 Å². The van der Waals surface area contributed by atoms with Crippen LogP contribution < -0.4 is 10.6 Å². The molecule has 3 rings (SSSR count). The van der Waals surface area contributed by atoms with E-state index in [0.717, 1.165) is 24.1 Å². The minimum absolute atomic E-state index is 0. The van der Waals surface area contributed by atoms with Crippen LogP contribution >= 0.6 is 12.4 Å². The Morgan fingerprint density at radius 1 is 1.38 bits per heavy atom. The molecular formula is C17H23ClN4O2. The Morgan fingerprint density at radius 3 is 2.83 bits per heavy atom. The number of amides is 1. The van der Waals surface area contributed by atoms with Crippen molar-refractivity contribution in [2.45, 2.75) is 31.7 Å². The summed E-state index contributed by atoms with van der Waals surface area (Å²) in [5.41, 5.74) is 2.27. The van der Waals surface area contributed by atoms with Crippen molar-refractivity contribution in [2.24, 2.45) is 0 Å². The van der Waals surface area contributed by atoms with Gasteiger partial charge in [-0.1, -0.05) is 24.3 Å². The van der Waals surface area contributed by atoms with Gasteiger partial charge in [0.25, 0.3) is 0 Å². The first-order valence-corrected chi connectivity index (χ1v) is 7.84. The Bertz CT molecular complexity index is 648. The fourth-order valence-electron chi connectivity index (χ4n) is 2.84. The molecular weight excluding hydrogens is 328 g/mol. The van der Waals surface area contributed by atoms with Gasteiger partial charge < -0.3 is 15.4 Å². The Morgan fingerprint density at radius 2 is 2.17 bits per heavy atom. The molecule has 6 nitrogen and oxygen atoms in total. The summed E-state index contributed by atoms with van der Waals surface area (Å²) in [5, 5.41) is 10.4. The molecule has 1 aliphatic rings. The maximum Gasteiger partial charge on any atom is 0.237 e. The summed E-state index contributed by atoms with van der Waals surface area (Å²) < 4.78 is 7.16. The maximum atomic E-state index is 12.3. The predicted octanol–water partition coefficient (Wildman–Crippen LogP) is 1.35. The first kappa shape index (κ1) is 18.4. The van der Waals surface area contributed by atoms with Crippen molar-refractivity contribution in [1.29, 1.82) is 0 Å². The minimum atomic E-state index is -0.168. The molecule has 1 fully saturated rings. The minimum Gasteiger partial charge on any atom is -0.380 e. The molecule has 0 saturated carbocycles. The quantitative estimate of drug-likeness (QED) is 0.825. The van der Waals surface area contributed by atoms with Gasteiger partial charge in [0.1, 0.15) is 0 Å². The van der Waals surface area contributed by atoms with E-state index in [1.807, 2.05) is 35.1 Å². The molecule has 7 heteroatoms. The highest BCUT2D eigenvalue weighted by Gasteiger charge is 2.29. The summed E-state index contributed by atoms with van der Waals surface area (Å²) in [6, 6.07) is 9.84. The average molecular weight is 351 g/mol. The van der Waals surface area contributed by atoms with Gasteiger partial charge in [-0.3, -0.25) is 9.48 Å². The van der Waals surface area contributed by atoms with Crippen LogP contribution in [0.4, 0.5) is 0 Å². The molecule has 2 N–H and O–H groups in total. The third kappa shape index (κ3) is 4.56. The van der Waals surface area contributed by atoms with E-state index in [2.05, 4.69) is 21.8 Å². The summed E-state index contributed by atoms with van der Waals surface area (Å²) in [5.74, 6) is 0.0263. The normalized spacial score (nSPS) is 19.7. The first-order valence-electron chi connectivity index (χ1n) is 7.84. The highest BCUT2D eigenvalue weighted by atomic mass is 35.5. The van der Waals surface area contributed by atoms with Crippen LogP contribution in [0.5, 0.6) is 0 Å². The van der Waals surface area contributed by atoms with Gasteiger partial charge in [-0.2, -0.15) is 5.10 Å². The second-order valence-corrected chi connectivity index (χ2v) is 5.74. The number of ether oxygens (including phenoxy) is 1. The molecule has 2 aromatic rings. The molecule has 2 heterocycles. The van der Waals surface area contributed by atoms with Crippen LogP contribution in [0, 0.1) is 0 Å². The zero-order chi connectivity index (χ0) is 16.1. The van der Waals surface area contributed by atoms with E-state index in [4.69, 9.17) is 4.74 Å². The number of halogens is 1. The largest absolute Gasteiger partial charge is 0.380 e. The summed E-state index contributed by atoms with van der Waals surface area (Å²) in [6.45, 7) is 1.95. The predicted molar refractivity (Wildman–Crippen MR) is 94.1 cm³/mol. The van der Waals surface area contributed by atoms with E-state index in [0.29, 0.717) is 13.1 Å². The third-order valence-electron chi connectivity index (χ3n) is 4.20. The molecule has 2 atom stereocenters. The van der Waals surface area contributed by atoms with Crippen LogP contribution in [0.15, 0.2) is 42.7 Å². The summed E-state index contributed by atoms with van der Waals surface area (Å²) in [6.07, 6.45) is 4.54. The highest BCUT2D eigenvalue weighted by molar-refractivity contribution is 5.85. The molecule has 0 radical (unpaired) electrons. The van der Waals surface area contributed by atoms with Crippen LogP contribution in [-0.4, -0.2) is 41.5 Å². The smallest absolute Gasteiger partial charge is 0.237 e. The van der Waals surface area contributed by atoms with Gasteiger partial charge in [-0.15, -0.1) is 12.4 Å². The zero-order valence-corrected chi connectivity index (χ0v) is 14.5. The van der Waals surface area contributed by atoms with E-state index in [1.165, 1.54) is 0 Å². The van der Waals surface area contributed by atoms with E-state index in [1.54, 1.807) is 13.3 Å². The fourth-order valence-corrected chi connectivity index (χ4v) is 2.84. The number of nitrogens with zero attached hydrogens (tertiary/aromatic N) is 2. The number of carbonyl (C=O) groups excluding carboxylic acids is 1. The van der Waals surface area contributed by atoms with Crippen molar-refractivity contribution >= 4 is 18.3 Å². The Kier molecular flexibility index (Phi) is 6.78. The molecule has 0 spiro atoms. The molecule has 1 saturated heterocycles. The number of methoxy groups -OCH3 is 1. The molecule has 24 heavy (non-hydrogen) atoms.